The van der Waals surface area contributed by atoms with Gasteiger partial charge in [0.2, 0.25) is 6.29 Å². The Morgan fingerprint density at radius 2 is 2.11 bits per heavy atom. The number of allylic oxidation sites excluding steroid dienone is 1. The van der Waals surface area contributed by atoms with Gasteiger partial charge in [0.05, 0.1) is 5.92 Å². The number of hydrogen-bond acceptors (Lipinski definition) is 3. The summed E-state index contributed by atoms with van der Waals surface area (Å²) in [5, 5.41) is 10.3. The normalized spacial score (nSPS) is 49.8. The predicted molar refractivity (Wildman–Crippen MR) is 67.4 cm³/mol. The Bertz CT molecular complexity index is 425. The van der Waals surface area contributed by atoms with Gasteiger partial charge in [-0.1, -0.05) is 32.9 Å². The maximum atomic E-state index is 11.9. The fourth-order valence-electron chi connectivity index (χ4n) is 5.06. The molecule has 18 heavy (non-hydrogen) atoms. The number of fused-ring (bicyclic) bond motifs is 1. The van der Waals surface area contributed by atoms with Crippen molar-refractivity contribution in [2.75, 3.05) is 0 Å². The van der Waals surface area contributed by atoms with Gasteiger partial charge in [-0.2, -0.15) is 0 Å². The number of cyclic esters (lactones) is 1. The van der Waals surface area contributed by atoms with E-state index in [1.54, 1.807) is 0 Å². The zero-order valence-corrected chi connectivity index (χ0v) is 11.4. The second-order valence-electron chi connectivity index (χ2n) is 7.00. The molecule has 100 valence electrons. The highest BCUT2D eigenvalue weighted by atomic mass is 16.6. The second kappa shape index (κ2) is 3.38. The Labute approximate surface area is 108 Å². The first-order chi connectivity index (χ1) is 8.30. The molecule has 3 heteroatoms. The Hall–Kier alpha value is -0.830. The summed E-state index contributed by atoms with van der Waals surface area (Å²) in [6.07, 6.45) is 1.98. The molecule has 3 nitrogen and oxygen atoms in total. The van der Waals surface area contributed by atoms with E-state index in [-0.39, 0.29) is 28.6 Å². The van der Waals surface area contributed by atoms with Crippen LogP contribution in [0, 0.1) is 28.6 Å². The smallest absolute Gasteiger partial charge is 0.311 e. The molecule has 3 fully saturated rings. The Balaban J connectivity index is 2.13. The van der Waals surface area contributed by atoms with Crippen molar-refractivity contribution >= 4 is 5.97 Å². The highest BCUT2D eigenvalue weighted by molar-refractivity contribution is 5.74. The van der Waals surface area contributed by atoms with Crippen molar-refractivity contribution in [2.45, 2.75) is 46.3 Å². The van der Waals surface area contributed by atoms with Crippen molar-refractivity contribution in [1.29, 1.82) is 0 Å². The molecule has 1 N–H and O–H groups in total. The van der Waals surface area contributed by atoms with E-state index in [4.69, 9.17) is 4.74 Å². The molecule has 0 aromatic rings. The zero-order chi connectivity index (χ0) is 13.3. The quantitative estimate of drug-likeness (QED) is 0.531. The van der Waals surface area contributed by atoms with Crippen molar-refractivity contribution in [3.63, 3.8) is 0 Å². The SMILES string of the molecule is C=C1CCC23CC1C(C)(C)C2C(O)OC(=O)C3C. The van der Waals surface area contributed by atoms with Crippen LogP contribution in [0.4, 0.5) is 0 Å². The summed E-state index contributed by atoms with van der Waals surface area (Å²) < 4.78 is 5.17. The van der Waals surface area contributed by atoms with Crippen LogP contribution in [0.25, 0.3) is 0 Å². The number of esters is 1. The van der Waals surface area contributed by atoms with E-state index in [0.717, 1.165) is 19.3 Å². The van der Waals surface area contributed by atoms with Crippen molar-refractivity contribution in [2.24, 2.45) is 28.6 Å². The fraction of sp³-hybridized carbons (Fsp3) is 0.800. The number of carbonyl (C=O) groups is 1. The molecule has 1 saturated heterocycles. The first-order valence-electron chi connectivity index (χ1n) is 6.87. The van der Waals surface area contributed by atoms with E-state index in [0.29, 0.717) is 5.92 Å². The van der Waals surface area contributed by atoms with Gasteiger partial charge in [-0.05, 0) is 36.0 Å². The van der Waals surface area contributed by atoms with Crippen molar-refractivity contribution in [3.8, 4) is 0 Å². The molecule has 5 atom stereocenters. The van der Waals surface area contributed by atoms with Crippen LogP contribution in [0.2, 0.25) is 0 Å². The van der Waals surface area contributed by atoms with Crippen LogP contribution in [0.1, 0.15) is 40.0 Å². The molecule has 1 heterocycles. The number of rotatable bonds is 0. The van der Waals surface area contributed by atoms with Gasteiger partial charge in [-0.3, -0.25) is 4.79 Å². The summed E-state index contributed by atoms with van der Waals surface area (Å²) in [5.74, 6) is 0.107. The lowest BCUT2D eigenvalue weighted by Gasteiger charge is -2.48. The first kappa shape index (κ1) is 12.2. The second-order valence-corrected chi connectivity index (χ2v) is 7.00. The van der Waals surface area contributed by atoms with E-state index >= 15 is 0 Å². The predicted octanol–water partition coefficient (Wildman–Crippen LogP) is 2.50. The van der Waals surface area contributed by atoms with Crippen LogP contribution >= 0.6 is 0 Å². The molecule has 2 aliphatic carbocycles. The van der Waals surface area contributed by atoms with Crippen LogP contribution in [-0.2, 0) is 9.53 Å². The average molecular weight is 250 g/mol. The molecule has 0 aromatic heterocycles. The summed E-state index contributed by atoms with van der Waals surface area (Å²) in [6.45, 7) is 10.6. The van der Waals surface area contributed by atoms with Crippen molar-refractivity contribution < 1.29 is 14.6 Å². The van der Waals surface area contributed by atoms with Crippen LogP contribution in [0.15, 0.2) is 12.2 Å². The molecule has 2 bridgehead atoms. The van der Waals surface area contributed by atoms with Crippen LogP contribution < -0.4 is 0 Å². The number of carbonyl (C=O) groups excluding carboxylic acids is 1. The third-order valence-electron chi connectivity index (χ3n) is 6.05. The zero-order valence-electron chi connectivity index (χ0n) is 11.4. The molecule has 0 radical (unpaired) electrons. The van der Waals surface area contributed by atoms with Gasteiger partial charge in [0.25, 0.3) is 0 Å². The summed E-state index contributed by atoms with van der Waals surface area (Å²) in [6, 6.07) is 0. The monoisotopic (exact) mass is 250 g/mol. The van der Waals surface area contributed by atoms with Crippen LogP contribution in [0.3, 0.4) is 0 Å². The Morgan fingerprint density at radius 1 is 1.44 bits per heavy atom. The van der Waals surface area contributed by atoms with Crippen LogP contribution in [-0.4, -0.2) is 17.4 Å². The number of aliphatic hydroxyl groups excluding tert-OH is 1. The number of ether oxygens (including phenoxy) is 1. The lowest BCUT2D eigenvalue weighted by atomic mass is 9.60. The molecule has 1 aliphatic heterocycles. The highest BCUT2D eigenvalue weighted by Crippen LogP contribution is 2.69. The molecule has 3 rings (SSSR count). The van der Waals surface area contributed by atoms with Gasteiger partial charge in [0.15, 0.2) is 0 Å². The standard InChI is InChI=1S/C15H22O3/c1-8-5-6-15-7-10(8)14(3,4)11(15)13(17)18-12(16)9(15)2/h9-11,13,17H,1,5-7H2,2-4H3. The molecule has 2 saturated carbocycles. The Morgan fingerprint density at radius 3 is 2.78 bits per heavy atom. The van der Waals surface area contributed by atoms with Gasteiger partial charge < -0.3 is 9.84 Å². The molecule has 5 unspecified atom stereocenters. The molecular formula is C15H22O3. The Kier molecular flexibility index (Phi) is 2.30. The third kappa shape index (κ3) is 1.21. The van der Waals surface area contributed by atoms with Gasteiger partial charge in [0.1, 0.15) is 0 Å². The summed E-state index contributed by atoms with van der Waals surface area (Å²) >= 11 is 0. The minimum Gasteiger partial charge on any atom is -0.435 e. The topological polar surface area (TPSA) is 46.5 Å². The van der Waals surface area contributed by atoms with E-state index < -0.39 is 6.29 Å². The maximum Gasteiger partial charge on any atom is 0.311 e. The van der Waals surface area contributed by atoms with Crippen molar-refractivity contribution in [1.82, 2.24) is 0 Å². The van der Waals surface area contributed by atoms with Crippen LogP contribution in [0.5, 0.6) is 0 Å². The molecule has 0 amide bonds. The highest BCUT2D eigenvalue weighted by Gasteiger charge is 2.68. The summed E-state index contributed by atoms with van der Waals surface area (Å²) in [5.41, 5.74) is 1.17. The van der Waals surface area contributed by atoms with Gasteiger partial charge in [-0.15, -0.1) is 0 Å². The number of aliphatic hydroxyl groups is 1. The molecule has 1 spiro atoms. The average Bonchev–Trinajstić information content (AvgIpc) is 2.48. The minimum absolute atomic E-state index is 0.0397. The summed E-state index contributed by atoms with van der Waals surface area (Å²) in [4.78, 5) is 11.9. The number of hydrogen-bond donors (Lipinski definition) is 1. The summed E-state index contributed by atoms with van der Waals surface area (Å²) in [7, 11) is 0. The lowest BCUT2D eigenvalue weighted by molar-refractivity contribution is -0.230. The van der Waals surface area contributed by atoms with Gasteiger partial charge >= 0.3 is 5.97 Å². The largest absolute Gasteiger partial charge is 0.435 e. The fourth-order valence-corrected chi connectivity index (χ4v) is 5.06. The minimum atomic E-state index is -0.945. The van der Waals surface area contributed by atoms with Gasteiger partial charge in [-0.25, -0.2) is 0 Å². The van der Waals surface area contributed by atoms with E-state index in [9.17, 15) is 9.90 Å². The van der Waals surface area contributed by atoms with E-state index in [1.807, 2.05) is 6.92 Å². The van der Waals surface area contributed by atoms with E-state index in [1.165, 1.54) is 5.57 Å². The molecule has 3 aliphatic rings. The van der Waals surface area contributed by atoms with Crippen molar-refractivity contribution in [3.05, 3.63) is 12.2 Å². The molecule has 0 aromatic carbocycles. The first-order valence-corrected chi connectivity index (χ1v) is 6.87. The maximum absolute atomic E-state index is 11.9. The third-order valence-corrected chi connectivity index (χ3v) is 6.05. The molecular weight excluding hydrogens is 228 g/mol. The van der Waals surface area contributed by atoms with E-state index in [2.05, 4.69) is 20.4 Å². The van der Waals surface area contributed by atoms with Gasteiger partial charge in [0, 0.05) is 5.92 Å². The lowest BCUT2D eigenvalue weighted by Crippen LogP contribution is -2.53.